The molecule has 0 bridgehead atoms. The van der Waals surface area contributed by atoms with Crippen molar-refractivity contribution in [3.8, 4) is 0 Å². The highest BCUT2D eigenvalue weighted by molar-refractivity contribution is 5.27. The minimum atomic E-state index is 0.795. The van der Waals surface area contributed by atoms with E-state index in [2.05, 4.69) is 42.6 Å². The molecular weight excluding hydrogens is 218 g/mol. The van der Waals surface area contributed by atoms with Gasteiger partial charge in [-0.3, -0.25) is 0 Å². The molecule has 18 heavy (non-hydrogen) atoms. The third kappa shape index (κ3) is 2.47. The highest BCUT2D eigenvalue weighted by atomic mass is 14.9. The summed E-state index contributed by atoms with van der Waals surface area (Å²) < 4.78 is 0. The number of nitrogens with one attached hydrogen (secondary N) is 1. The summed E-state index contributed by atoms with van der Waals surface area (Å²) >= 11 is 0. The van der Waals surface area contributed by atoms with Gasteiger partial charge in [-0.15, -0.1) is 0 Å². The van der Waals surface area contributed by atoms with E-state index < -0.39 is 0 Å². The van der Waals surface area contributed by atoms with Crippen LogP contribution >= 0.6 is 0 Å². The highest BCUT2D eigenvalue weighted by Crippen LogP contribution is 2.53. The first-order valence-corrected chi connectivity index (χ1v) is 7.68. The molecule has 3 rings (SSSR count). The van der Waals surface area contributed by atoms with Crippen LogP contribution in [-0.4, -0.2) is 12.6 Å². The monoisotopic (exact) mass is 243 g/mol. The molecule has 2 saturated carbocycles. The van der Waals surface area contributed by atoms with Crippen LogP contribution in [0, 0.1) is 11.8 Å². The van der Waals surface area contributed by atoms with Gasteiger partial charge in [0.15, 0.2) is 0 Å². The van der Waals surface area contributed by atoms with Crippen LogP contribution < -0.4 is 5.32 Å². The van der Waals surface area contributed by atoms with Crippen molar-refractivity contribution >= 4 is 0 Å². The maximum Gasteiger partial charge on any atom is 0.0130 e. The first-order chi connectivity index (χ1) is 8.90. The van der Waals surface area contributed by atoms with Gasteiger partial charge < -0.3 is 5.32 Å². The highest BCUT2D eigenvalue weighted by Gasteiger charge is 2.47. The zero-order chi connectivity index (χ0) is 12.4. The summed E-state index contributed by atoms with van der Waals surface area (Å²) in [4.78, 5) is 0. The van der Waals surface area contributed by atoms with Crippen LogP contribution in [-0.2, 0) is 0 Å². The molecule has 0 heterocycles. The van der Waals surface area contributed by atoms with Crippen molar-refractivity contribution in [3.05, 3.63) is 35.9 Å². The molecule has 98 valence electrons. The standard InChI is InChI=1S/C17H25N/c1-2-11-18-17(14-9-6-10-14)16-12-15(16)13-7-4-3-5-8-13/h3-5,7-8,14-18H,2,6,9-12H2,1H3. The summed E-state index contributed by atoms with van der Waals surface area (Å²) in [5.74, 6) is 2.71. The van der Waals surface area contributed by atoms with Crippen LogP contribution in [0.4, 0.5) is 0 Å². The topological polar surface area (TPSA) is 12.0 Å². The third-order valence-electron chi connectivity index (χ3n) is 4.82. The Balaban J connectivity index is 1.62. The smallest absolute Gasteiger partial charge is 0.0130 e. The van der Waals surface area contributed by atoms with Crippen molar-refractivity contribution < 1.29 is 0 Å². The average Bonchev–Trinajstić information content (AvgIpc) is 3.13. The van der Waals surface area contributed by atoms with Crippen molar-refractivity contribution in [1.82, 2.24) is 5.32 Å². The van der Waals surface area contributed by atoms with Crippen molar-refractivity contribution in [2.24, 2.45) is 11.8 Å². The zero-order valence-corrected chi connectivity index (χ0v) is 11.4. The Morgan fingerprint density at radius 2 is 2.00 bits per heavy atom. The fourth-order valence-corrected chi connectivity index (χ4v) is 3.47. The molecule has 3 unspecified atom stereocenters. The van der Waals surface area contributed by atoms with Crippen molar-refractivity contribution in [2.75, 3.05) is 6.54 Å². The van der Waals surface area contributed by atoms with Crippen molar-refractivity contribution in [3.63, 3.8) is 0 Å². The summed E-state index contributed by atoms with van der Waals surface area (Å²) in [5, 5.41) is 3.83. The molecule has 0 aromatic heterocycles. The molecule has 2 aliphatic rings. The SMILES string of the molecule is CCCNC(C1CCC1)C1CC1c1ccccc1. The number of benzene rings is 1. The predicted molar refractivity (Wildman–Crippen MR) is 76.7 cm³/mol. The van der Waals surface area contributed by atoms with E-state index in [1.165, 1.54) is 38.6 Å². The Morgan fingerprint density at radius 3 is 2.61 bits per heavy atom. The van der Waals surface area contributed by atoms with Gasteiger partial charge in [0.2, 0.25) is 0 Å². The normalized spacial score (nSPS) is 28.7. The summed E-state index contributed by atoms with van der Waals surface area (Å²) in [6.07, 6.45) is 7.03. The first kappa shape index (κ1) is 12.2. The second-order valence-corrected chi connectivity index (χ2v) is 6.09. The van der Waals surface area contributed by atoms with Crippen LogP contribution in [0.5, 0.6) is 0 Å². The van der Waals surface area contributed by atoms with Gasteiger partial charge in [0.1, 0.15) is 0 Å². The molecule has 0 radical (unpaired) electrons. The Bertz CT molecular complexity index is 368. The predicted octanol–water partition coefficient (Wildman–Crippen LogP) is 3.96. The van der Waals surface area contributed by atoms with Gasteiger partial charge in [-0.2, -0.15) is 0 Å². The largest absolute Gasteiger partial charge is 0.313 e. The second-order valence-electron chi connectivity index (χ2n) is 6.09. The fourth-order valence-electron chi connectivity index (χ4n) is 3.47. The van der Waals surface area contributed by atoms with E-state index in [1.807, 2.05) is 0 Å². The lowest BCUT2D eigenvalue weighted by Gasteiger charge is -2.35. The lowest BCUT2D eigenvalue weighted by atomic mass is 9.77. The molecule has 1 aromatic rings. The molecular formula is C17H25N. The minimum Gasteiger partial charge on any atom is -0.313 e. The third-order valence-corrected chi connectivity index (χ3v) is 4.82. The quantitative estimate of drug-likeness (QED) is 0.797. The van der Waals surface area contributed by atoms with E-state index in [0.717, 1.165) is 23.8 Å². The van der Waals surface area contributed by atoms with Gasteiger partial charge in [-0.1, -0.05) is 43.7 Å². The van der Waals surface area contributed by atoms with Crippen LogP contribution in [0.15, 0.2) is 30.3 Å². The van der Waals surface area contributed by atoms with Crippen LogP contribution in [0.25, 0.3) is 0 Å². The molecule has 1 aromatic carbocycles. The Kier molecular flexibility index (Phi) is 3.69. The Hall–Kier alpha value is -0.820. The number of rotatable bonds is 6. The molecule has 0 aliphatic heterocycles. The molecule has 1 heteroatoms. The summed E-state index contributed by atoms with van der Waals surface area (Å²) in [7, 11) is 0. The fraction of sp³-hybridized carbons (Fsp3) is 0.647. The molecule has 2 aliphatic carbocycles. The number of hydrogen-bond donors (Lipinski definition) is 1. The number of hydrogen-bond acceptors (Lipinski definition) is 1. The molecule has 0 saturated heterocycles. The summed E-state index contributed by atoms with van der Waals surface area (Å²) in [6.45, 7) is 3.46. The maximum atomic E-state index is 3.83. The van der Waals surface area contributed by atoms with E-state index in [-0.39, 0.29) is 0 Å². The van der Waals surface area contributed by atoms with Gasteiger partial charge in [-0.05, 0) is 55.5 Å². The van der Waals surface area contributed by atoms with Gasteiger partial charge in [0, 0.05) is 6.04 Å². The Morgan fingerprint density at radius 1 is 1.22 bits per heavy atom. The van der Waals surface area contributed by atoms with Crippen molar-refractivity contribution in [2.45, 2.75) is 51.0 Å². The second kappa shape index (κ2) is 5.44. The Labute approximate surface area is 111 Å². The first-order valence-electron chi connectivity index (χ1n) is 7.68. The van der Waals surface area contributed by atoms with Gasteiger partial charge in [-0.25, -0.2) is 0 Å². The van der Waals surface area contributed by atoms with Crippen molar-refractivity contribution in [1.29, 1.82) is 0 Å². The molecule has 0 spiro atoms. The van der Waals surface area contributed by atoms with Gasteiger partial charge in [0.05, 0.1) is 0 Å². The van der Waals surface area contributed by atoms with E-state index in [9.17, 15) is 0 Å². The molecule has 0 amide bonds. The average molecular weight is 243 g/mol. The van der Waals surface area contributed by atoms with Crippen LogP contribution in [0.3, 0.4) is 0 Å². The lowest BCUT2D eigenvalue weighted by molar-refractivity contribution is 0.208. The van der Waals surface area contributed by atoms with Gasteiger partial charge in [0.25, 0.3) is 0 Å². The minimum absolute atomic E-state index is 0.795. The maximum absolute atomic E-state index is 3.83. The zero-order valence-electron chi connectivity index (χ0n) is 11.4. The molecule has 1 N–H and O–H groups in total. The van der Waals surface area contributed by atoms with E-state index in [4.69, 9.17) is 0 Å². The molecule has 1 nitrogen and oxygen atoms in total. The summed E-state index contributed by atoms with van der Waals surface area (Å²) in [5.41, 5.74) is 1.56. The molecule has 3 atom stereocenters. The molecule has 2 fully saturated rings. The lowest BCUT2D eigenvalue weighted by Crippen LogP contribution is -2.41. The van der Waals surface area contributed by atoms with E-state index in [0.29, 0.717) is 0 Å². The van der Waals surface area contributed by atoms with Gasteiger partial charge >= 0.3 is 0 Å². The summed E-state index contributed by atoms with van der Waals surface area (Å²) in [6, 6.07) is 11.9. The van der Waals surface area contributed by atoms with Crippen LogP contribution in [0.1, 0.15) is 50.5 Å². The van der Waals surface area contributed by atoms with Crippen LogP contribution in [0.2, 0.25) is 0 Å². The van der Waals surface area contributed by atoms with E-state index >= 15 is 0 Å². The van der Waals surface area contributed by atoms with E-state index in [1.54, 1.807) is 5.56 Å².